The molecule has 6 heteroatoms. The van der Waals surface area contributed by atoms with Crippen molar-refractivity contribution in [2.45, 2.75) is 72.1 Å². The lowest BCUT2D eigenvalue weighted by atomic mass is 9.97. The second kappa shape index (κ2) is 9.80. The first-order chi connectivity index (χ1) is 13.2. The molecule has 1 aromatic rings. The Morgan fingerprint density at radius 1 is 1.11 bits per heavy atom. The number of hydrogen-bond acceptors (Lipinski definition) is 5. The van der Waals surface area contributed by atoms with Gasteiger partial charge in [-0.2, -0.15) is 0 Å². The zero-order valence-corrected chi connectivity index (χ0v) is 17.9. The number of hydrogen-bond donors (Lipinski definition) is 0. The Morgan fingerprint density at radius 3 is 2.32 bits per heavy atom. The third-order valence-electron chi connectivity index (χ3n) is 5.05. The van der Waals surface area contributed by atoms with Gasteiger partial charge in [-0.3, -0.25) is 4.79 Å². The summed E-state index contributed by atoms with van der Waals surface area (Å²) in [5.41, 5.74) is 0.327. The van der Waals surface area contributed by atoms with Crippen LogP contribution in [0.5, 0.6) is 11.5 Å². The van der Waals surface area contributed by atoms with Crippen LogP contribution in [0.4, 0.5) is 0 Å². The molecule has 1 fully saturated rings. The van der Waals surface area contributed by atoms with Crippen molar-refractivity contribution in [3.8, 4) is 11.5 Å². The first kappa shape index (κ1) is 22.1. The van der Waals surface area contributed by atoms with E-state index < -0.39 is 12.1 Å². The molecule has 0 radical (unpaired) electrons. The number of likely N-dealkylation sites (tertiary alicyclic amines) is 1. The van der Waals surface area contributed by atoms with Crippen molar-refractivity contribution in [3.05, 3.63) is 23.8 Å². The van der Waals surface area contributed by atoms with Gasteiger partial charge in [0.25, 0.3) is 5.91 Å². The van der Waals surface area contributed by atoms with Gasteiger partial charge in [-0.25, -0.2) is 4.79 Å². The van der Waals surface area contributed by atoms with Crippen LogP contribution >= 0.6 is 0 Å². The molecule has 0 aliphatic carbocycles. The monoisotopic (exact) mass is 391 g/mol. The standard InChI is InChI=1S/C22H33NO5/c1-14(2)13-27-19-11-10-18(12-20(19)26-6)22(25)28-17(5)21(24)23-15(3)8-7-9-16(23)4/h10-12,14-17H,7-9,13H2,1-6H3/t15-,16-,17-/m1/s1. The maximum Gasteiger partial charge on any atom is 0.339 e. The van der Waals surface area contributed by atoms with Gasteiger partial charge in [-0.05, 0) is 64.2 Å². The van der Waals surface area contributed by atoms with E-state index >= 15 is 0 Å². The molecule has 28 heavy (non-hydrogen) atoms. The molecule has 1 saturated heterocycles. The van der Waals surface area contributed by atoms with E-state index in [1.54, 1.807) is 25.1 Å². The number of carbonyl (C=O) groups is 2. The first-order valence-electron chi connectivity index (χ1n) is 10.1. The second-order valence-corrected chi connectivity index (χ2v) is 7.99. The molecular weight excluding hydrogens is 358 g/mol. The third-order valence-corrected chi connectivity index (χ3v) is 5.05. The summed E-state index contributed by atoms with van der Waals surface area (Å²) in [6.45, 7) is 10.4. The number of ether oxygens (including phenoxy) is 3. The van der Waals surface area contributed by atoms with Crippen molar-refractivity contribution in [2.75, 3.05) is 13.7 Å². The largest absolute Gasteiger partial charge is 0.493 e. The maximum absolute atomic E-state index is 12.8. The summed E-state index contributed by atoms with van der Waals surface area (Å²) >= 11 is 0. The van der Waals surface area contributed by atoms with Gasteiger partial charge < -0.3 is 19.1 Å². The van der Waals surface area contributed by atoms with E-state index in [-0.39, 0.29) is 18.0 Å². The lowest BCUT2D eigenvalue weighted by Crippen LogP contribution is -2.51. The molecular formula is C22H33NO5. The molecule has 6 nitrogen and oxygen atoms in total. The van der Waals surface area contributed by atoms with Gasteiger partial charge in [-0.1, -0.05) is 13.8 Å². The lowest BCUT2D eigenvalue weighted by molar-refractivity contribution is -0.146. The fourth-order valence-corrected chi connectivity index (χ4v) is 3.51. The minimum absolute atomic E-state index is 0.142. The van der Waals surface area contributed by atoms with E-state index in [9.17, 15) is 9.59 Å². The van der Waals surface area contributed by atoms with Crippen molar-refractivity contribution in [1.82, 2.24) is 4.90 Å². The molecule has 0 spiro atoms. The highest BCUT2D eigenvalue weighted by Crippen LogP contribution is 2.29. The van der Waals surface area contributed by atoms with Crippen molar-refractivity contribution in [2.24, 2.45) is 5.92 Å². The van der Waals surface area contributed by atoms with Crippen LogP contribution in [0.1, 0.15) is 64.2 Å². The predicted octanol–water partition coefficient (Wildman–Crippen LogP) is 4.06. The number of piperidine rings is 1. The second-order valence-electron chi connectivity index (χ2n) is 7.99. The van der Waals surface area contributed by atoms with Crippen LogP contribution in [0.3, 0.4) is 0 Å². The Hall–Kier alpha value is -2.24. The van der Waals surface area contributed by atoms with Crippen molar-refractivity contribution >= 4 is 11.9 Å². The van der Waals surface area contributed by atoms with Crippen molar-refractivity contribution in [1.29, 1.82) is 0 Å². The Labute approximate surface area is 168 Å². The van der Waals surface area contributed by atoms with Gasteiger partial charge in [-0.15, -0.1) is 0 Å². The van der Waals surface area contributed by atoms with Gasteiger partial charge in [0, 0.05) is 12.1 Å². The molecule has 1 aliphatic rings. The predicted molar refractivity (Wildman–Crippen MR) is 108 cm³/mol. The Balaban J connectivity index is 2.06. The Morgan fingerprint density at radius 2 is 1.75 bits per heavy atom. The van der Waals surface area contributed by atoms with Gasteiger partial charge >= 0.3 is 5.97 Å². The number of benzene rings is 1. The molecule has 0 unspecified atom stereocenters. The van der Waals surface area contributed by atoms with Crippen LogP contribution in [0, 0.1) is 5.92 Å². The normalized spacial score (nSPS) is 20.6. The molecule has 156 valence electrons. The van der Waals surface area contributed by atoms with Gasteiger partial charge in [0.2, 0.25) is 0 Å². The maximum atomic E-state index is 12.8. The summed E-state index contributed by atoms with van der Waals surface area (Å²) in [7, 11) is 1.53. The van der Waals surface area contributed by atoms with Gasteiger partial charge in [0.15, 0.2) is 17.6 Å². The summed E-state index contributed by atoms with van der Waals surface area (Å²) in [5.74, 6) is 0.727. The number of methoxy groups -OCH3 is 1. The fourth-order valence-electron chi connectivity index (χ4n) is 3.51. The molecule has 0 aromatic heterocycles. The van der Waals surface area contributed by atoms with Gasteiger partial charge in [0.1, 0.15) is 0 Å². The van der Waals surface area contributed by atoms with E-state index in [0.717, 1.165) is 19.3 Å². The quantitative estimate of drug-likeness (QED) is 0.656. The molecule has 1 amide bonds. The summed E-state index contributed by atoms with van der Waals surface area (Å²) in [5, 5.41) is 0. The molecule has 0 N–H and O–H groups in total. The summed E-state index contributed by atoms with van der Waals surface area (Å²) in [4.78, 5) is 27.2. The SMILES string of the molecule is COc1cc(C(=O)O[C@H](C)C(=O)N2[C@H](C)CCC[C@H]2C)ccc1OCC(C)C. The van der Waals surface area contributed by atoms with E-state index in [0.29, 0.717) is 29.6 Å². The first-order valence-corrected chi connectivity index (χ1v) is 10.1. The third kappa shape index (κ3) is 5.40. The van der Waals surface area contributed by atoms with E-state index in [4.69, 9.17) is 14.2 Å². The summed E-state index contributed by atoms with van der Waals surface area (Å²) < 4.78 is 16.5. The zero-order valence-electron chi connectivity index (χ0n) is 17.9. The van der Waals surface area contributed by atoms with Crippen LogP contribution in [0.25, 0.3) is 0 Å². The highest BCUT2D eigenvalue weighted by atomic mass is 16.5. The average Bonchev–Trinajstić information content (AvgIpc) is 2.65. The molecule has 3 atom stereocenters. The van der Waals surface area contributed by atoms with Crippen LogP contribution < -0.4 is 9.47 Å². The van der Waals surface area contributed by atoms with Crippen LogP contribution in [0.2, 0.25) is 0 Å². The van der Waals surface area contributed by atoms with E-state index in [2.05, 4.69) is 13.8 Å². The Bertz CT molecular complexity index is 678. The van der Waals surface area contributed by atoms with E-state index in [1.807, 2.05) is 18.7 Å². The van der Waals surface area contributed by atoms with Crippen LogP contribution in [-0.2, 0) is 9.53 Å². The molecule has 1 heterocycles. The van der Waals surface area contributed by atoms with E-state index in [1.165, 1.54) is 7.11 Å². The highest BCUT2D eigenvalue weighted by molar-refractivity contribution is 5.93. The smallest absolute Gasteiger partial charge is 0.339 e. The van der Waals surface area contributed by atoms with Crippen LogP contribution in [0.15, 0.2) is 18.2 Å². The van der Waals surface area contributed by atoms with Crippen LogP contribution in [-0.4, -0.2) is 48.7 Å². The number of esters is 1. The van der Waals surface area contributed by atoms with Crippen molar-refractivity contribution < 1.29 is 23.8 Å². The molecule has 1 aromatic carbocycles. The minimum Gasteiger partial charge on any atom is -0.493 e. The molecule has 0 saturated carbocycles. The number of nitrogens with zero attached hydrogens (tertiary/aromatic N) is 1. The zero-order chi connectivity index (χ0) is 20.8. The average molecular weight is 392 g/mol. The molecule has 0 bridgehead atoms. The summed E-state index contributed by atoms with van der Waals surface area (Å²) in [6, 6.07) is 5.23. The van der Waals surface area contributed by atoms with Gasteiger partial charge in [0.05, 0.1) is 19.3 Å². The minimum atomic E-state index is -0.835. The highest BCUT2D eigenvalue weighted by Gasteiger charge is 2.33. The topological polar surface area (TPSA) is 65.1 Å². The fraction of sp³-hybridized carbons (Fsp3) is 0.636. The molecule has 2 rings (SSSR count). The number of rotatable bonds is 7. The van der Waals surface area contributed by atoms with Crippen molar-refractivity contribution in [3.63, 3.8) is 0 Å². The molecule has 1 aliphatic heterocycles. The summed E-state index contributed by atoms with van der Waals surface area (Å²) in [6.07, 6.45) is 2.24. The number of carbonyl (C=O) groups excluding carboxylic acids is 2. The Kier molecular flexibility index (Phi) is 7.72. The number of amides is 1. The lowest BCUT2D eigenvalue weighted by Gasteiger charge is -2.40.